The average Bonchev–Trinajstić information content (AvgIpc) is 2.78. The molecule has 0 saturated carbocycles. The molecule has 4 unspecified atom stereocenters. The number of benzene rings is 1. The van der Waals surface area contributed by atoms with Crippen molar-refractivity contribution in [3.63, 3.8) is 0 Å². The smallest absolute Gasteiger partial charge is 0.326 e. The molecule has 0 aliphatic rings. The Bertz CT molecular complexity index is 805. The van der Waals surface area contributed by atoms with E-state index in [1.54, 1.807) is 19.1 Å². The largest absolute Gasteiger partial charge is 0.508 e. The summed E-state index contributed by atoms with van der Waals surface area (Å²) in [5, 5.41) is 26.2. The first-order valence-corrected chi connectivity index (χ1v) is 12.1. The van der Waals surface area contributed by atoms with Crippen molar-refractivity contribution in [3.05, 3.63) is 29.8 Å². The SMILES string of the molecule is CCC(C)C(NC(=O)C(CCSC)NC(=O)CNC(=O)C(N)Cc1ccc(O)cc1)C(=O)O. The molecular weight excluding hydrogens is 448 g/mol. The van der Waals surface area contributed by atoms with Crippen molar-refractivity contribution < 1.29 is 29.4 Å². The molecule has 1 rings (SSSR count). The fourth-order valence-electron chi connectivity index (χ4n) is 2.96. The number of carboxylic acids is 1. The van der Waals surface area contributed by atoms with Crippen molar-refractivity contribution in [1.29, 1.82) is 0 Å². The topological polar surface area (TPSA) is 171 Å². The fraction of sp³-hybridized carbons (Fsp3) is 0.545. The van der Waals surface area contributed by atoms with Crippen molar-refractivity contribution in [2.45, 2.75) is 51.2 Å². The number of aliphatic carboxylic acids is 1. The zero-order chi connectivity index (χ0) is 25.0. The molecule has 184 valence electrons. The number of hydrogen-bond acceptors (Lipinski definition) is 7. The maximum absolute atomic E-state index is 12.7. The molecule has 0 heterocycles. The van der Waals surface area contributed by atoms with Crippen LogP contribution in [0.4, 0.5) is 0 Å². The van der Waals surface area contributed by atoms with Gasteiger partial charge in [0.05, 0.1) is 12.6 Å². The molecule has 0 aliphatic carbocycles. The van der Waals surface area contributed by atoms with Gasteiger partial charge in [-0.05, 0) is 48.5 Å². The van der Waals surface area contributed by atoms with E-state index in [0.29, 0.717) is 18.6 Å². The van der Waals surface area contributed by atoms with E-state index in [0.717, 1.165) is 5.56 Å². The van der Waals surface area contributed by atoms with Crippen molar-refractivity contribution in [2.75, 3.05) is 18.6 Å². The fourth-order valence-corrected chi connectivity index (χ4v) is 3.44. The number of aromatic hydroxyl groups is 1. The van der Waals surface area contributed by atoms with Gasteiger partial charge in [-0.1, -0.05) is 32.4 Å². The number of phenolic OH excluding ortho intramolecular Hbond substituents is 1. The Kier molecular flexibility index (Phi) is 12.3. The standard InChI is InChI=1S/C22H34N4O6S/c1-4-13(2)19(22(31)32)26-21(30)17(9-10-33-3)25-18(28)12-24-20(29)16(23)11-14-5-7-15(27)8-6-14/h5-8,13,16-17,19,27H,4,9-12,23H2,1-3H3,(H,24,29)(H,25,28)(H,26,30)(H,31,32). The van der Waals surface area contributed by atoms with Gasteiger partial charge in [0.25, 0.3) is 0 Å². The number of carboxylic acid groups (broad SMARTS) is 1. The maximum Gasteiger partial charge on any atom is 0.326 e. The second-order valence-corrected chi connectivity index (χ2v) is 8.79. The first-order chi connectivity index (χ1) is 15.6. The Morgan fingerprint density at radius 3 is 2.27 bits per heavy atom. The maximum atomic E-state index is 12.7. The van der Waals surface area contributed by atoms with E-state index in [9.17, 15) is 29.4 Å². The Balaban J connectivity index is 2.64. The quantitative estimate of drug-likeness (QED) is 0.219. The molecule has 11 heteroatoms. The minimum Gasteiger partial charge on any atom is -0.508 e. The van der Waals surface area contributed by atoms with Crippen molar-refractivity contribution in [1.82, 2.24) is 16.0 Å². The molecule has 7 N–H and O–H groups in total. The third kappa shape index (κ3) is 10.1. The van der Waals surface area contributed by atoms with Crippen LogP contribution in [0.15, 0.2) is 24.3 Å². The average molecular weight is 483 g/mol. The second-order valence-electron chi connectivity index (χ2n) is 7.81. The van der Waals surface area contributed by atoms with E-state index in [4.69, 9.17) is 5.73 Å². The van der Waals surface area contributed by atoms with Crippen LogP contribution in [0.1, 0.15) is 32.3 Å². The Morgan fingerprint density at radius 2 is 1.73 bits per heavy atom. The van der Waals surface area contributed by atoms with Crippen LogP contribution in [-0.4, -0.2) is 70.6 Å². The minimum absolute atomic E-state index is 0.104. The minimum atomic E-state index is -1.14. The highest BCUT2D eigenvalue weighted by Gasteiger charge is 2.29. The monoisotopic (exact) mass is 482 g/mol. The number of nitrogens with one attached hydrogen (secondary N) is 3. The van der Waals surface area contributed by atoms with Gasteiger partial charge < -0.3 is 31.9 Å². The highest BCUT2D eigenvalue weighted by molar-refractivity contribution is 7.98. The van der Waals surface area contributed by atoms with Gasteiger partial charge in [0, 0.05) is 0 Å². The van der Waals surface area contributed by atoms with Crippen molar-refractivity contribution in [2.24, 2.45) is 11.7 Å². The van der Waals surface area contributed by atoms with Crippen LogP contribution in [-0.2, 0) is 25.6 Å². The Morgan fingerprint density at radius 1 is 1.09 bits per heavy atom. The molecule has 1 aromatic carbocycles. The van der Waals surface area contributed by atoms with Crippen molar-refractivity contribution >= 4 is 35.5 Å². The number of carbonyl (C=O) groups excluding carboxylic acids is 3. The predicted octanol–water partition coefficient (Wildman–Crippen LogP) is 0.232. The summed E-state index contributed by atoms with van der Waals surface area (Å²) in [5.74, 6) is -2.44. The molecule has 0 aliphatic heterocycles. The van der Waals surface area contributed by atoms with Crippen molar-refractivity contribution in [3.8, 4) is 5.75 Å². The van der Waals surface area contributed by atoms with Crippen LogP contribution >= 0.6 is 11.8 Å². The van der Waals surface area contributed by atoms with Gasteiger partial charge in [-0.15, -0.1) is 0 Å². The normalized spacial score (nSPS) is 14.4. The number of rotatable bonds is 14. The summed E-state index contributed by atoms with van der Waals surface area (Å²) in [5.41, 5.74) is 6.64. The lowest BCUT2D eigenvalue weighted by Gasteiger charge is -2.24. The first kappa shape index (κ1) is 28.2. The summed E-state index contributed by atoms with van der Waals surface area (Å²) in [6.07, 6.45) is 2.94. The van der Waals surface area contributed by atoms with Gasteiger partial charge in [-0.25, -0.2) is 4.79 Å². The summed E-state index contributed by atoms with van der Waals surface area (Å²) in [4.78, 5) is 48.8. The van der Waals surface area contributed by atoms with Gasteiger partial charge in [0.1, 0.15) is 17.8 Å². The molecule has 0 saturated heterocycles. The van der Waals surface area contributed by atoms with E-state index in [1.807, 2.05) is 13.2 Å². The first-order valence-electron chi connectivity index (χ1n) is 10.7. The highest BCUT2D eigenvalue weighted by Crippen LogP contribution is 2.11. The lowest BCUT2D eigenvalue weighted by molar-refractivity contribution is -0.143. The summed E-state index contributed by atoms with van der Waals surface area (Å²) >= 11 is 1.48. The number of phenols is 1. The van der Waals surface area contributed by atoms with E-state index in [-0.39, 0.29) is 24.6 Å². The zero-order valence-corrected chi connectivity index (χ0v) is 20.0. The number of thioether (sulfide) groups is 1. The Labute approximate surface area is 198 Å². The number of nitrogens with two attached hydrogens (primary N) is 1. The molecule has 33 heavy (non-hydrogen) atoms. The van der Waals surface area contributed by atoms with Gasteiger partial charge in [0.15, 0.2) is 0 Å². The summed E-state index contributed by atoms with van der Waals surface area (Å²) in [6.45, 7) is 3.18. The van der Waals surface area contributed by atoms with Gasteiger partial charge in [-0.2, -0.15) is 11.8 Å². The molecular formula is C22H34N4O6S. The number of carbonyl (C=O) groups is 4. The number of hydrogen-bond donors (Lipinski definition) is 6. The molecule has 0 aromatic heterocycles. The molecule has 0 bridgehead atoms. The summed E-state index contributed by atoms with van der Waals surface area (Å²) in [6, 6.07) is 3.38. The predicted molar refractivity (Wildman–Crippen MR) is 127 cm³/mol. The van der Waals surface area contributed by atoms with Gasteiger partial charge in [0.2, 0.25) is 17.7 Å². The molecule has 4 atom stereocenters. The summed E-state index contributed by atoms with van der Waals surface area (Å²) < 4.78 is 0. The third-order valence-electron chi connectivity index (χ3n) is 5.19. The lowest BCUT2D eigenvalue weighted by Crippen LogP contribution is -2.55. The van der Waals surface area contributed by atoms with E-state index in [1.165, 1.54) is 23.9 Å². The molecule has 3 amide bonds. The molecule has 0 fully saturated rings. The Hall–Kier alpha value is -2.79. The van der Waals surface area contributed by atoms with Gasteiger partial charge in [-0.3, -0.25) is 14.4 Å². The second kappa shape index (κ2) is 14.4. The van der Waals surface area contributed by atoms with E-state index in [2.05, 4.69) is 16.0 Å². The van der Waals surface area contributed by atoms with Crippen LogP contribution < -0.4 is 21.7 Å². The number of amides is 3. The van der Waals surface area contributed by atoms with E-state index >= 15 is 0 Å². The third-order valence-corrected chi connectivity index (χ3v) is 5.84. The van der Waals surface area contributed by atoms with Crippen LogP contribution in [0.5, 0.6) is 5.75 Å². The molecule has 1 aromatic rings. The van der Waals surface area contributed by atoms with Crippen LogP contribution in [0.2, 0.25) is 0 Å². The highest BCUT2D eigenvalue weighted by atomic mass is 32.2. The molecule has 10 nitrogen and oxygen atoms in total. The van der Waals surface area contributed by atoms with E-state index < -0.39 is 41.8 Å². The molecule has 0 spiro atoms. The zero-order valence-electron chi connectivity index (χ0n) is 19.2. The lowest BCUT2D eigenvalue weighted by atomic mass is 9.99. The molecule has 0 radical (unpaired) electrons. The van der Waals surface area contributed by atoms with Crippen LogP contribution in [0.25, 0.3) is 0 Å². The van der Waals surface area contributed by atoms with Crippen LogP contribution in [0.3, 0.4) is 0 Å². The van der Waals surface area contributed by atoms with Crippen LogP contribution in [0, 0.1) is 5.92 Å². The summed E-state index contributed by atoms with van der Waals surface area (Å²) in [7, 11) is 0. The van der Waals surface area contributed by atoms with Gasteiger partial charge >= 0.3 is 5.97 Å².